The number of benzene rings is 1. The maximum Gasteiger partial charge on any atom is 0.252 e. The van der Waals surface area contributed by atoms with Gasteiger partial charge in [-0.15, -0.1) is 0 Å². The second-order valence-corrected chi connectivity index (χ2v) is 6.07. The normalized spacial score (nSPS) is 10.5. The SMILES string of the molecule is O=C(NCCCCCCO)c1cc(Cl)cc(Cl)c1I. The molecule has 0 saturated carbocycles. The zero-order valence-electron chi connectivity index (χ0n) is 10.4. The van der Waals surface area contributed by atoms with Crippen LogP contribution in [0.15, 0.2) is 12.1 Å². The Morgan fingerprint density at radius 1 is 1.21 bits per heavy atom. The van der Waals surface area contributed by atoms with E-state index in [0.717, 1.165) is 25.7 Å². The molecular weight excluding hydrogens is 400 g/mol. The minimum atomic E-state index is -0.157. The number of hydrogen-bond acceptors (Lipinski definition) is 2. The first-order chi connectivity index (χ1) is 9.06. The van der Waals surface area contributed by atoms with E-state index in [-0.39, 0.29) is 12.5 Å². The van der Waals surface area contributed by atoms with Crippen LogP contribution >= 0.6 is 45.8 Å². The molecule has 0 radical (unpaired) electrons. The summed E-state index contributed by atoms with van der Waals surface area (Å²) in [7, 11) is 0. The standard InChI is InChI=1S/C13H16Cl2INO2/c14-9-7-10(12(16)11(15)8-9)13(19)17-5-3-1-2-4-6-18/h7-8,18H,1-6H2,(H,17,19). The number of amides is 1. The highest BCUT2D eigenvalue weighted by Crippen LogP contribution is 2.26. The van der Waals surface area contributed by atoms with Gasteiger partial charge in [0, 0.05) is 21.7 Å². The number of carbonyl (C=O) groups is 1. The van der Waals surface area contributed by atoms with Gasteiger partial charge in [-0.1, -0.05) is 36.0 Å². The Balaban J connectivity index is 2.46. The lowest BCUT2D eigenvalue weighted by molar-refractivity contribution is 0.0952. The van der Waals surface area contributed by atoms with Crippen LogP contribution in [0, 0.1) is 3.57 Å². The van der Waals surface area contributed by atoms with Crippen molar-refractivity contribution in [2.45, 2.75) is 25.7 Å². The third-order valence-corrected chi connectivity index (χ3v) is 4.61. The van der Waals surface area contributed by atoms with Crippen molar-refractivity contribution >= 4 is 51.7 Å². The molecule has 0 fully saturated rings. The summed E-state index contributed by atoms with van der Waals surface area (Å²) in [5, 5.41) is 12.4. The second kappa shape index (κ2) is 9.00. The van der Waals surface area contributed by atoms with Gasteiger partial charge in [0.1, 0.15) is 0 Å². The second-order valence-electron chi connectivity index (χ2n) is 4.14. The molecule has 1 amide bonds. The lowest BCUT2D eigenvalue weighted by atomic mass is 10.2. The topological polar surface area (TPSA) is 49.3 Å². The minimum absolute atomic E-state index is 0.157. The number of hydrogen-bond donors (Lipinski definition) is 2. The van der Waals surface area contributed by atoms with Crippen LogP contribution < -0.4 is 5.32 Å². The van der Waals surface area contributed by atoms with Crippen molar-refractivity contribution in [1.29, 1.82) is 0 Å². The molecule has 0 aliphatic rings. The van der Waals surface area contributed by atoms with Gasteiger partial charge >= 0.3 is 0 Å². The van der Waals surface area contributed by atoms with Crippen molar-refractivity contribution < 1.29 is 9.90 Å². The molecule has 0 aromatic heterocycles. The first kappa shape index (κ1) is 17.0. The smallest absolute Gasteiger partial charge is 0.252 e. The van der Waals surface area contributed by atoms with E-state index in [1.165, 1.54) is 0 Å². The van der Waals surface area contributed by atoms with Gasteiger partial charge in [0.25, 0.3) is 5.91 Å². The molecular formula is C13H16Cl2INO2. The number of nitrogens with one attached hydrogen (secondary N) is 1. The molecule has 0 saturated heterocycles. The number of carbonyl (C=O) groups excluding carboxylic acids is 1. The third-order valence-electron chi connectivity index (χ3n) is 2.61. The van der Waals surface area contributed by atoms with Gasteiger partial charge in [-0.3, -0.25) is 4.79 Å². The van der Waals surface area contributed by atoms with Gasteiger partial charge in [-0.2, -0.15) is 0 Å². The number of unbranched alkanes of at least 4 members (excludes halogenated alkanes) is 3. The molecule has 106 valence electrons. The largest absolute Gasteiger partial charge is 0.396 e. The van der Waals surface area contributed by atoms with Crippen LogP contribution in [0.4, 0.5) is 0 Å². The zero-order chi connectivity index (χ0) is 14.3. The number of aliphatic hydroxyl groups excluding tert-OH is 1. The summed E-state index contributed by atoms with van der Waals surface area (Å²) >= 11 is 13.9. The molecule has 1 aromatic rings. The van der Waals surface area contributed by atoms with Gasteiger partial charge in [0.2, 0.25) is 0 Å². The molecule has 0 aliphatic heterocycles. The van der Waals surface area contributed by atoms with Gasteiger partial charge in [0.15, 0.2) is 0 Å². The molecule has 1 aromatic carbocycles. The van der Waals surface area contributed by atoms with Crippen LogP contribution in [-0.2, 0) is 0 Å². The first-order valence-electron chi connectivity index (χ1n) is 6.10. The summed E-state index contributed by atoms with van der Waals surface area (Å²) in [5.41, 5.74) is 0.508. The fraction of sp³-hybridized carbons (Fsp3) is 0.462. The van der Waals surface area contributed by atoms with Crippen molar-refractivity contribution in [3.63, 3.8) is 0 Å². The summed E-state index contributed by atoms with van der Waals surface area (Å²) in [6, 6.07) is 3.24. The molecule has 0 aliphatic carbocycles. The average Bonchev–Trinajstić information content (AvgIpc) is 2.37. The number of aliphatic hydroxyl groups is 1. The molecule has 0 unspecified atom stereocenters. The van der Waals surface area contributed by atoms with E-state index in [4.69, 9.17) is 28.3 Å². The van der Waals surface area contributed by atoms with Crippen LogP contribution in [0.2, 0.25) is 10.0 Å². The highest BCUT2D eigenvalue weighted by atomic mass is 127. The van der Waals surface area contributed by atoms with Crippen LogP contribution in [0.3, 0.4) is 0 Å². The van der Waals surface area contributed by atoms with Gasteiger partial charge < -0.3 is 10.4 Å². The average molecular weight is 416 g/mol. The highest BCUT2D eigenvalue weighted by Gasteiger charge is 2.13. The number of halogens is 3. The van der Waals surface area contributed by atoms with E-state index in [1.54, 1.807) is 12.1 Å². The zero-order valence-corrected chi connectivity index (χ0v) is 14.1. The fourth-order valence-corrected chi connectivity index (χ4v) is 2.66. The monoisotopic (exact) mass is 415 g/mol. The lowest BCUT2D eigenvalue weighted by Crippen LogP contribution is -2.25. The van der Waals surface area contributed by atoms with Gasteiger partial charge in [-0.05, 0) is 47.6 Å². The van der Waals surface area contributed by atoms with Crippen LogP contribution in [0.5, 0.6) is 0 Å². The highest BCUT2D eigenvalue weighted by molar-refractivity contribution is 14.1. The fourth-order valence-electron chi connectivity index (χ4n) is 1.61. The number of rotatable bonds is 7. The molecule has 6 heteroatoms. The van der Waals surface area contributed by atoms with Gasteiger partial charge in [-0.25, -0.2) is 0 Å². The molecule has 2 N–H and O–H groups in total. The van der Waals surface area contributed by atoms with Crippen molar-refractivity contribution in [2.75, 3.05) is 13.2 Å². The van der Waals surface area contributed by atoms with E-state index in [9.17, 15) is 4.79 Å². The molecule has 0 spiro atoms. The van der Waals surface area contributed by atoms with E-state index in [1.807, 2.05) is 22.6 Å². The molecule has 1 rings (SSSR count). The summed E-state index contributed by atoms with van der Waals surface area (Å²) < 4.78 is 0.710. The van der Waals surface area contributed by atoms with Crippen LogP contribution in [-0.4, -0.2) is 24.2 Å². The summed E-state index contributed by atoms with van der Waals surface area (Å²) in [6.07, 6.45) is 3.69. The van der Waals surface area contributed by atoms with E-state index < -0.39 is 0 Å². The molecule has 0 bridgehead atoms. The maximum absolute atomic E-state index is 12.0. The van der Waals surface area contributed by atoms with Crippen molar-refractivity contribution in [2.24, 2.45) is 0 Å². The Morgan fingerprint density at radius 2 is 1.89 bits per heavy atom. The van der Waals surface area contributed by atoms with E-state index in [2.05, 4.69) is 5.32 Å². The molecule has 19 heavy (non-hydrogen) atoms. The van der Waals surface area contributed by atoms with Crippen LogP contribution in [0.1, 0.15) is 36.0 Å². The Hall–Kier alpha value is -0.0400. The third kappa shape index (κ3) is 5.85. The maximum atomic E-state index is 12.0. The predicted octanol–water partition coefficient (Wildman–Crippen LogP) is 3.88. The Labute approximate surface area is 136 Å². The quantitative estimate of drug-likeness (QED) is 0.403. The lowest BCUT2D eigenvalue weighted by Gasteiger charge is -2.08. The van der Waals surface area contributed by atoms with Crippen LogP contribution in [0.25, 0.3) is 0 Å². The van der Waals surface area contributed by atoms with Crippen molar-refractivity contribution in [1.82, 2.24) is 5.32 Å². The Bertz CT molecular complexity index is 441. The minimum Gasteiger partial charge on any atom is -0.396 e. The summed E-state index contributed by atoms with van der Waals surface area (Å²) in [6.45, 7) is 0.843. The van der Waals surface area contributed by atoms with E-state index in [0.29, 0.717) is 25.7 Å². The Kier molecular flexibility index (Phi) is 8.06. The molecule has 0 heterocycles. The van der Waals surface area contributed by atoms with Crippen molar-refractivity contribution in [3.05, 3.63) is 31.3 Å². The summed E-state index contributed by atoms with van der Waals surface area (Å²) in [4.78, 5) is 12.0. The first-order valence-corrected chi connectivity index (χ1v) is 7.93. The summed E-state index contributed by atoms with van der Waals surface area (Å²) in [5.74, 6) is -0.157. The molecule has 3 nitrogen and oxygen atoms in total. The Morgan fingerprint density at radius 3 is 2.58 bits per heavy atom. The molecule has 0 atom stereocenters. The predicted molar refractivity (Wildman–Crippen MR) is 87.1 cm³/mol. The van der Waals surface area contributed by atoms with Crippen molar-refractivity contribution in [3.8, 4) is 0 Å². The van der Waals surface area contributed by atoms with Gasteiger partial charge in [0.05, 0.1) is 10.6 Å². The van der Waals surface area contributed by atoms with E-state index >= 15 is 0 Å².